The monoisotopic (exact) mass is 1310 g/mol. The van der Waals surface area contributed by atoms with Crippen molar-refractivity contribution < 1.29 is 41.3 Å². The van der Waals surface area contributed by atoms with Crippen LogP contribution in [-0.4, -0.2) is 14.1 Å². The molecule has 6 heteroatoms. The van der Waals surface area contributed by atoms with Crippen LogP contribution in [0.15, 0.2) is 188 Å². The van der Waals surface area contributed by atoms with Gasteiger partial charge in [0.2, 0.25) is 0 Å². The molecule has 86 heavy (non-hydrogen) atoms. The first-order valence-corrected chi connectivity index (χ1v) is 29.9. The molecule has 0 radical (unpaired) electrons. The van der Waals surface area contributed by atoms with E-state index in [1.165, 1.54) is 0 Å². The van der Waals surface area contributed by atoms with E-state index < -0.39 is 22.9 Å². The molecular weight excluding hydrogens is 1230 g/mol. The van der Waals surface area contributed by atoms with E-state index in [0.717, 1.165) is 86.7 Å². The minimum absolute atomic E-state index is 0. The molecule has 0 spiro atoms. The first-order valence-electron chi connectivity index (χ1n) is 33.9. The minimum Gasteiger partial charge on any atom is -0.510 e. The fraction of sp³-hybridized carbons (Fsp3) is 0.250. The fourth-order valence-electron chi connectivity index (χ4n) is 13.8. The predicted molar refractivity (Wildman–Crippen MR) is 350 cm³/mol. The standard InChI is InChI=1S/C80H72N4O.Pt/c1-76(2,3)52-38-43-81-72(46-52)84-69-28-17-16-25-61(69)62-33-32-55(48-71(62)84)85-54-21-18-20-53(47-54)82-49-83-74-64(27-19-29-70(74)82)60-24-13-12-22-58(60)59-23-14-15-26-63(59)73-56(50-30-36-65-67(44-50)79(8,9)41-39-77(65,4)5)34-35-57(75(73)83)51-31-37-66-68(45-51)80(10,11)42-40-78(66,6)7;/h12-38,43-46H,39-42H2,1-11H3;/q-2;/i14D,15D,23D,26D,30D,31D,44D,45D;. The summed E-state index contributed by atoms with van der Waals surface area (Å²) < 4.78 is 93.9. The molecule has 0 amide bonds. The van der Waals surface area contributed by atoms with E-state index in [4.69, 9.17) is 9.72 Å². The molecule has 1 aliphatic heterocycles. The Morgan fingerprint density at radius 3 is 1.81 bits per heavy atom. The maximum absolute atomic E-state index is 10.6. The molecule has 0 saturated carbocycles. The Morgan fingerprint density at radius 2 is 1.12 bits per heavy atom. The van der Waals surface area contributed by atoms with Crippen LogP contribution in [0, 0.1) is 18.5 Å². The number of aromatic nitrogens is 4. The average Bonchev–Trinajstić information content (AvgIpc) is 1.31. The molecular formula is C80H72N4OPt-2. The number of imidazole rings is 1. The zero-order chi connectivity index (χ0) is 65.5. The van der Waals surface area contributed by atoms with Crippen LogP contribution in [0.25, 0.3) is 106 Å². The largest absolute Gasteiger partial charge is 0.510 e. The Bertz CT molecular complexity index is 5240. The van der Waals surface area contributed by atoms with Crippen molar-refractivity contribution in [1.82, 2.24) is 14.1 Å². The number of para-hydroxylation sites is 2. The molecule has 2 aliphatic carbocycles. The second-order valence-corrected chi connectivity index (χ2v) is 27.4. The minimum atomic E-state index is -0.457. The molecule has 4 heterocycles. The van der Waals surface area contributed by atoms with Gasteiger partial charge in [-0.25, -0.2) is 4.98 Å². The van der Waals surface area contributed by atoms with Crippen LogP contribution >= 0.6 is 0 Å². The maximum atomic E-state index is 10.6. The third-order valence-electron chi connectivity index (χ3n) is 19.0. The SMILES string of the molecule is [2H]c1cc2c(c([2H])c1-c1ccc(-c3c([2H])cc4c(c3[2H])C(C)(C)CCC4(C)C)c3c1-c1c([2H])c([2H])c([2H])c([2H])c1-c1ccccc1-c1cccc4c1[n+]-3[c-]n4-c1[c-]c(Oc3[c-]c4c(cc3)c3ccccc3n4-c3cc(C(C)(C)C)ccn3)ccc1)C(C)(C)CCC2(C)C.[Pt]. The Labute approximate surface area is 532 Å². The third kappa shape index (κ3) is 8.88. The number of hydrogen-bond donors (Lipinski definition) is 0. The summed E-state index contributed by atoms with van der Waals surface area (Å²) in [6.45, 7) is 24.0. The Hall–Kier alpha value is -8.11. The summed E-state index contributed by atoms with van der Waals surface area (Å²) in [4.78, 5) is 4.90. The molecule has 3 aliphatic rings. The first-order chi connectivity index (χ1) is 44.1. The Kier molecular flexibility index (Phi) is 10.9. The van der Waals surface area contributed by atoms with Gasteiger partial charge < -0.3 is 13.9 Å². The summed E-state index contributed by atoms with van der Waals surface area (Å²) in [5, 5.41) is 2.06. The van der Waals surface area contributed by atoms with Crippen molar-refractivity contribution in [3.63, 3.8) is 0 Å². The van der Waals surface area contributed by atoms with Crippen LogP contribution in [0.3, 0.4) is 0 Å². The zero-order valence-electron chi connectivity index (χ0n) is 58.6. The zero-order valence-corrected chi connectivity index (χ0v) is 52.9. The third-order valence-corrected chi connectivity index (χ3v) is 19.0. The molecule has 3 aromatic heterocycles. The summed E-state index contributed by atoms with van der Waals surface area (Å²) in [5.74, 6) is 1.64. The number of ether oxygens (including phenoxy) is 1. The van der Waals surface area contributed by atoms with E-state index in [1.54, 1.807) is 0 Å². The molecule has 0 N–H and O–H groups in total. The summed E-state index contributed by atoms with van der Waals surface area (Å²) in [5.41, 5.74) is 11.3. The van der Waals surface area contributed by atoms with E-state index in [9.17, 15) is 11.0 Å². The van der Waals surface area contributed by atoms with Gasteiger partial charge >= 0.3 is 0 Å². The molecule has 0 bridgehead atoms. The molecule has 430 valence electrons. The smallest absolute Gasteiger partial charge is 0.268 e. The van der Waals surface area contributed by atoms with Crippen LogP contribution < -0.4 is 9.30 Å². The molecule has 9 aromatic carbocycles. The number of pyridine rings is 1. The molecule has 0 atom stereocenters. The van der Waals surface area contributed by atoms with Crippen molar-refractivity contribution in [1.29, 1.82) is 0 Å². The number of nitrogens with zero attached hydrogens (tertiary/aromatic N) is 4. The summed E-state index contributed by atoms with van der Waals surface area (Å²) in [6, 6.07) is 50.0. The van der Waals surface area contributed by atoms with E-state index in [1.807, 2.05) is 118 Å². The number of hydrogen-bond acceptors (Lipinski definition) is 2. The van der Waals surface area contributed by atoms with Crippen molar-refractivity contribution in [2.24, 2.45) is 0 Å². The van der Waals surface area contributed by atoms with Gasteiger partial charge in [-0.1, -0.05) is 215 Å². The van der Waals surface area contributed by atoms with Crippen LogP contribution in [0.4, 0.5) is 0 Å². The second-order valence-electron chi connectivity index (χ2n) is 27.4. The van der Waals surface area contributed by atoms with E-state index in [0.29, 0.717) is 72.9 Å². The van der Waals surface area contributed by atoms with Crippen molar-refractivity contribution in [3.05, 3.63) is 234 Å². The van der Waals surface area contributed by atoms with Crippen molar-refractivity contribution in [2.45, 2.75) is 129 Å². The summed E-state index contributed by atoms with van der Waals surface area (Å²) in [7, 11) is 0. The topological polar surface area (TPSA) is 35.9 Å². The fourth-order valence-corrected chi connectivity index (χ4v) is 13.8. The van der Waals surface area contributed by atoms with Crippen LogP contribution in [0.1, 0.15) is 141 Å². The quantitative estimate of drug-likeness (QED) is 0.123. The Morgan fingerprint density at radius 1 is 0.535 bits per heavy atom. The van der Waals surface area contributed by atoms with Crippen LogP contribution in [0.5, 0.6) is 11.5 Å². The number of fused-ring (bicyclic) bond motifs is 12. The van der Waals surface area contributed by atoms with Gasteiger partial charge in [0.05, 0.1) is 27.7 Å². The molecule has 5 nitrogen and oxygen atoms in total. The average molecular weight is 1310 g/mol. The summed E-state index contributed by atoms with van der Waals surface area (Å²) >= 11 is 0. The summed E-state index contributed by atoms with van der Waals surface area (Å²) in [6.07, 6.45) is 9.07. The van der Waals surface area contributed by atoms with Gasteiger partial charge in [0.1, 0.15) is 5.82 Å². The van der Waals surface area contributed by atoms with Gasteiger partial charge in [-0.3, -0.25) is 4.57 Å². The predicted octanol–water partition coefficient (Wildman–Crippen LogP) is 20.2. The van der Waals surface area contributed by atoms with E-state index >= 15 is 0 Å². The van der Waals surface area contributed by atoms with Crippen molar-refractivity contribution in [3.8, 4) is 84.3 Å². The van der Waals surface area contributed by atoms with Gasteiger partial charge in [0.15, 0.2) is 0 Å². The molecule has 12 aromatic rings. The van der Waals surface area contributed by atoms with Crippen LogP contribution in [0.2, 0.25) is 0 Å². The van der Waals surface area contributed by atoms with Gasteiger partial charge in [-0.05, 0) is 160 Å². The molecule has 15 rings (SSSR count). The maximum Gasteiger partial charge on any atom is 0.268 e. The van der Waals surface area contributed by atoms with Crippen molar-refractivity contribution in [2.75, 3.05) is 0 Å². The first kappa shape index (κ1) is 47.1. The van der Waals surface area contributed by atoms with Crippen molar-refractivity contribution >= 4 is 32.8 Å². The van der Waals surface area contributed by atoms with Gasteiger partial charge in [-0.2, -0.15) is 18.2 Å². The van der Waals surface area contributed by atoms with Crippen LogP contribution in [-0.2, 0) is 48.1 Å². The molecule has 0 fully saturated rings. The van der Waals surface area contributed by atoms with Gasteiger partial charge in [0.25, 0.3) is 6.33 Å². The number of rotatable bonds is 6. The van der Waals surface area contributed by atoms with E-state index in [2.05, 4.69) is 130 Å². The molecule has 0 unspecified atom stereocenters. The second kappa shape index (κ2) is 20.0. The normalized spacial score (nSPS) is 17.2. The van der Waals surface area contributed by atoms with E-state index in [-0.39, 0.29) is 84.7 Å². The number of benzene rings is 9. The van der Waals surface area contributed by atoms with Gasteiger partial charge in [0, 0.05) is 49.8 Å². The van der Waals surface area contributed by atoms with Gasteiger partial charge in [-0.15, -0.1) is 29.7 Å². The Balaban J connectivity index is 0.00000763. The molecule has 0 saturated heterocycles.